The van der Waals surface area contributed by atoms with Crippen molar-refractivity contribution >= 4 is 12.0 Å². The molecule has 8 nitrogen and oxygen atoms in total. The van der Waals surface area contributed by atoms with Crippen LogP contribution in [0.2, 0.25) is 0 Å². The first-order valence-electron chi connectivity index (χ1n) is 6.23. The van der Waals surface area contributed by atoms with Gasteiger partial charge >= 0.3 is 12.0 Å². The van der Waals surface area contributed by atoms with Crippen LogP contribution in [-0.2, 0) is 16.1 Å². The van der Waals surface area contributed by atoms with Gasteiger partial charge in [0, 0.05) is 13.0 Å². The Morgan fingerprint density at radius 1 is 1.45 bits per heavy atom. The highest BCUT2D eigenvalue weighted by Crippen LogP contribution is 2.18. The highest BCUT2D eigenvalue weighted by Gasteiger charge is 2.44. The lowest BCUT2D eigenvalue weighted by Gasteiger charge is -2.23. The standard InChI is InChI=1S/C12H17N3O5/c1-7-8(2)20-9(14-7)5-13-11(18)15-12(10(16)17)3-4-19-6-12/h3-6H2,1-2H3,(H,16,17)(H2,13,15,18). The number of rotatable bonds is 4. The lowest BCUT2D eigenvalue weighted by molar-refractivity contribution is -0.144. The van der Waals surface area contributed by atoms with E-state index in [4.69, 9.17) is 9.15 Å². The molecule has 1 fully saturated rings. The number of amides is 2. The molecule has 1 atom stereocenters. The van der Waals surface area contributed by atoms with Crippen LogP contribution in [-0.4, -0.2) is 40.8 Å². The van der Waals surface area contributed by atoms with E-state index in [1.807, 2.05) is 0 Å². The van der Waals surface area contributed by atoms with E-state index in [0.29, 0.717) is 18.3 Å². The molecule has 2 rings (SSSR count). The summed E-state index contributed by atoms with van der Waals surface area (Å²) in [6, 6.07) is -0.591. The minimum Gasteiger partial charge on any atom is -0.479 e. The molecule has 1 unspecified atom stereocenters. The molecule has 0 saturated carbocycles. The number of oxazole rings is 1. The zero-order valence-electron chi connectivity index (χ0n) is 11.4. The number of aliphatic carboxylic acids is 1. The number of hydrogen-bond acceptors (Lipinski definition) is 5. The molecule has 110 valence electrons. The van der Waals surface area contributed by atoms with E-state index >= 15 is 0 Å². The van der Waals surface area contributed by atoms with Gasteiger partial charge in [0.2, 0.25) is 5.89 Å². The number of carboxylic acid groups (broad SMARTS) is 1. The Hall–Kier alpha value is -2.09. The molecule has 0 spiro atoms. The lowest BCUT2D eigenvalue weighted by atomic mass is 9.99. The van der Waals surface area contributed by atoms with E-state index < -0.39 is 17.5 Å². The number of carboxylic acids is 1. The average molecular weight is 283 g/mol. The zero-order chi connectivity index (χ0) is 14.8. The third-order valence-corrected chi connectivity index (χ3v) is 3.26. The Bertz CT molecular complexity index is 500. The third-order valence-electron chi connectivity index (χ3n) is 3.26. The molecule has 0 radical (unpaired) electrons. The predicted molar refractivity (Wildman–Crippen MR) is 67.2 cm³/mol. The van der Waals surface area contributed by atoms with Gasteiger partial charge in [-0.15, -0.1) is 0 Å². The van der Waals surface area contributed by atoms with Crippen molar-refractivity contribution in [3.8, 4) is 0 Å². The van der Waals surface area contributed by atoms with E-state index in [1.54, 1.807) is 13.8 Å². The SMILES string of the molecule is Cc1nc(CNC(=O)NC2(C(=O)O)CCOC2)oc1C. The second kappa shape index (κ2) is 5.49. The van der Waals surface area contributed by atoms with Crippen molar-refractivity contribution in [3.05, 3.63) is 17.3 Å². The van der Waals surface area contributed by atoms with E-state index in [-0.39, 0.29) is 19.6 Å². The van der Waals surface area contributed by atoms with Crippen molar-refractivity contribution in [2.45, 2.75) is 32.4 Å². The number of aromatic nitrogens is 1. The average Bonchev–Trinajstić information content (AvgIpc) is 2.96. The molecule has 8 heteroatoms. The Labute approximate surface area is 115 Å². The quantitative estimate of drug-likeness (QED) is 0.734. The maximum atomic E-state index is 11.8. The van der Waals surface area contributed by atoms with Crippen LogP contribution in [0.25, 0.3) is 0 Å². The van der Waals surface area contributed by atoms with Crippen molar-refractivity contribution in [2.24, 2.45) is 0 Å². The van der Waals surface area contributed by atoms with Gasteiger partial charge in [0.15, 0.2) is 5.54 Å². The number of nitrogens with one attached hydrogen (secondary N) is 2. The fourth-order valence-corrected chi connectivity index (χ4v) is 1.92. The molecule has 1 aromatic heterocycles. The molecule has 2 amide bonds. The maximum absolute atomic E-state index is 11.8. The third kappa shape index (κ3) is 2.90. The second-order valence-electron chi connectivity index (χ2n) is 4.75. The highest BCUT2D eigenvalue weighted by atomic mass is 16.5. The minimum absolute atomic E-state index is 0.0348. The number of ether oxygens (including phenoxy) is 1. The summed E-state index contributed by atoms with van der Waals surface area (Å²) in [5, 5.41) is 14.1. The Morgan fingerprint density at radius 2 is 2.20 bits per heavy atom. The second-order valence-corrected chi connectivity index (χ2v) is 4.75. The zero-order valence-corrected chi connectivity index (χ0v) is 11.4. The van der Waals surface area contributed by atoms with E-state index in [0.717, 1.165) is 5.69 Å². The largest absolute Gasteiger partial charge is 0.479 e. The number of carbonyl (C=O) groups is 2. The number of nitrogens with zero attached hydrogens (tertiary/aromatic N) is 1. The molecule has 20 heavy (non-hydrogen) atoms. The fourth-order valence-electron chi connectivity index (χ4n) is 1.92. The predicted octanol–water partition coefficient (Wildman–Crippen LogP) is 0.334. The van der Waals surface area contributed by atoms with Crippen molar-refractivity contribution in [1.29, 1.82) is 0 Å². The first-order valence-corrected chi connectivity index (χ1v) is 6.23. The number of aryl methyl sites for hydroxylation is 2. The van der Waals surface area contributed by atoms with E-state index in [1.165, 1.54) is 0 Å². The summed E-state index contributed by atoms with van der Waals surface area (Å²) in [7, 11) is 0. The molecule has 0 aliphatic carbocycles. The number of carbonyl (C=O) groups excluding carboxylic acids is 1. The first kappa shape index (κ1) is 14.3. The van der Waals surface area contributed by atoms with Crippen LogP contribution in [0.5, 0.6) is 0 Å². The normalized spacial score (nSPS) is 21.7. The van der Waals surface area contributed by atoms with E-state index in [2.05, 4.69) is 15.6 Å². The number of hydrogen-bond donors (Lipinski definition) is 3. The van der Waals surface area contributed by atoms with Crippen LogP contribution in [0.3, 0.4) is 0 Å². The molecule has 1 aliphatic rings. The fraction of sp³-hybridized carbons (Fsp3) is 0.583. The lowest BCUT2D eigenvalue weighted by Crippen LogP contribution is -2.57. The monoisotopic (exact) mass is 283 g/mol. The summed E-state index contributed by atoms with van der Waals surface area (Å²) in [5.41, 5.74) is -0.597. The van der Waals surface area contributed by atoms with Crippen molar-refractivity contribution in [2.75, 3.05) is 13.2 Å². The minimum atomic E-state index is -1.35. The molecule has 3 N–H and O–H groups in total. The Morgan fingerprint density at radius 3 is 2.70 bits per heavy atom. The van der Waals surface area contributed by atoms with Crippen molar-refractivity contribution in [1.82, 2.24) is 15.6 Å². The molecule has 2 heterocycles. The van der Waals surface area contributed by atoms with Crippen molar-refractivity contribution < 1.29 is 23.8 Å². The number of urea groups is 1. The van der Waals surface area contributed by atoms with Gasteiger partial charge in [0.05, 0.1) is 18.8 Å². The van der Waals surface area contributed by atoms with Gasteiger partial charge in [-0.05, 0) is 13.8 Å². The van der Waals surface area contributed by atoms with Gasteiger partial charge in [-0.2, -0.15) is 0 Å². The summed E-state index contributed by atoms with van der Waals surface area (Å²) in [6.45, 7) is 3.95. The molecule has 1 saturated heterocycles. The van der Waals surface area contributed by atoms with Gasteiger partial charge < -0.3 is 24.9 Å². The summed E-state index contributed by atoms with van der Waals surface area (Å²) in [4.78, 5) is 27.1. The Balaban J connectivity index is 1.90. The molecule has 1 aromatic rings. The van der Waals surface area contributed by atoms with Crippen LogP contribution in [0.1, 0.15) is 23.8 Å². The van der Waals surface area contributed by atoms with Gasteiger partial charge in [0.1, 0.15) is 5.76 Å². The van der Waals surface area contributed by atoms with Crippen LogP contribution in [0.4, 0.5) is 4.79 Å². The Kier molecular flexibility index (Phi) is 3.93. The van der Waals surface area contributed by atoms with Crippen LogP contribution >= 0.6 is 0 Å². The van der Waals surface area contributed by atoms with E-state index in [9.17, 15) is 14.7 Å². The van der Waals surface area contributed by atoms with Gasteiger partial charge in [-0.25, -0.2) is 14.6 Å². The smallest absolute Gasteiger partial charge is 0.332 e. The molecule has 0 aromatic carbocycles. The van der Waals surface area contributed by atoms with Gasteiger partial charge in [-0.3, -0.25) is 0 Å². The van der Waals surface area contributed by atoms with Crippen LogP contribution < -0.4 is 10.6 Å². The van der Waals surface area contributed by atoms with Gasteiger partial charge in [-0.1, -0.05) is 0 Å². The van der Waals surface area contributed by atoms with Crippen molar-refractivity contribution in [3.63, 3.8) is 0 Å². The summed E-state index contributed by atoms with van der Waals surface area (Å²) < 4.78 is 10.4. The summed E-state index contributed by atoms with van der Waals surface area (Å²) in [5.74, 6) is -0.0384. The van der Waals surface area contributed by atoms with Gasteiger partial charge in [0.25, 0.3) is 0 Å². The topological polar surface area (TPSA) is 114 Å². The summed E-state index contributed by atoms with van der Waals surface area (Å²) in [6.07, 6.45) is 0.243. The summed E-state index contributed by atoms with van der Waals surface area (Å²) >= 11 is 0. The molecule has 1 aliphatic heterocycles. The molecular formula is C12H17N3O5. The maximum Gasteiger partial charge on any atom is 0.332 e. The molecular weight excluding hydrogens is 266 g/mol. The van der Waals surface area contributed by atoms with Crippen LogP contribution in [0.15, 0.2) is 4.42 Å². The highest BCUT2D eigenvalue weighted by molar-refractivity contribution is 5.86. The first-order chi connectivity index (χ1) is 9.43. The molecule has 0 bridgehead atoms. The van der Waals surface area contributed by atoms with Crippen LogP contribution in [0, 0.1) is 13.8 Å².